The van der Waals surface area contributed by atoms with Gasteiger partial charge in [-0.15, -0.1) is 0 Å². The smallest absolute Gasteiger partial charge is 0.220 e. The zero-order chi connectivity index (χ0) is 16.7. The molecular formula is C19H30N2O2. The molecule has 1 fully saturated rings. The lowest BCUT2D eigenvalue weighted by Gasteiger charge is -2.32. The second-order valence-corrected chi connectivity index (χ2v) is 7.00. The molecule has 128 valence electrons. The standard InChI is InChI=1S/C19H30N2O2/c1-15-5-4-12-21(13-15)14-16(2)20-19(23)7-3-6-17-8-10-18(22)11-9-17/h8-11,15-16,22H,3-7,12-14H2,1-2H3,(H,20,23)/t15-,16+/m0/s1. The molecule has 1 amide bonds. The molecule has 1 saturated heterocycles. The largest absolute Gasteiger partial charge is 0.508 e. The van der Waals surface area contributed by atoms with Crippen molar-refractivity contribution in [3.8, 4) is 5.75 Å². The zero-order valence-corrected chi connectivity index (χ0v) is 14.4. The first-order valence-corrected chi connectivity index (χ1v) is 8.82. The number of rotatable bonds is 7. The molecule has 0 aliphatic carbocycles. The minimum absolute atomic E-state index is 0.140. The van der Waals surface area contributed by atoms with Crippen molar-refractivity contribution in [3.05, 3.63) is 29.8 Å². The highest BCUT2D eigenvalue weighted by Crippen LogP contribution is 2.15. The fourth-order valence-corrected chi connectivity index (χ4v) is 3.35. The highest BCUT2D eigenvalue weighted by atomic mass is 16.3. The van der Waals surface area contributed by atoms with Gasteiger partial charge in [0.1, 0.15) is 5.75 Å². The third-order valence-electron chi connectivity index (χ3n) is 4.49. The van der Waals surface area contributed by atoms with E-state index in [-0.39, 0.29) is 17.7 Å². The number of phenolic OH excluding ortho intramolecular Hbond substituents is 1. The van der Waals surface area contributed by atoms with E-state index in [0.717, 1.165) is 44.0 Å². The van der Waals surface area contributed by atoms with Crippen molar-refractivity contribution in [2.75, 3.05) is 19.6 Å². The van der Waals surface area contributed by atoms with Crippen LogP contribution in [-0.4, -0.2) is 41.6 Å². The Morgan fingerprint density at radius 1 is 1.39 bits per heavy atom. The first kappa shape index (κ1) is 17.8. The van der Waals surface area contributed by atoms with E-state index in [4.69, 9.17) is 0 Å². The summed E-state index contributed by atoms with van der Waals surface area (Å²) in [6, 6.07) is 7.41. The number of likely N-dealkylation sites (tertiary alicyclic amines) is 1. The van der Waals surface area contributed by atoms with Crippen LogP contribution in [0.5, 0.6) is 5.75 Å². The molecule has 4 heteroatoms. The molecule has 1 aromatic carbocycles. The maximum atomic E-state index is 12.0. The van der Waals surface area contributed by atoms with Crippen LogP contribution in [0.15, 0.2) is 24.3 Å². The van der Waals surface area contributed by atoms with Gasteiger partial charge < -0.3 is 15.3 Å². The van der Waals surface area contributed by atoms with Crippen LogP contribution in [0.1, 0.15) is 45.1 Å². The predicted octanol–water partition coefficient (Wildman–Crippen LogP) is 2.95. The normalized spacial score (nSPS) is 20.2. The Balaban J connectivity index is 1.62. The van der Waals surface area contributed by atoms with Crippen molar-refractivity contribution in [2.45, 2.75) is 52.0 Å². The van der Waals surface area contributed by atoms with E-state index < -0.39 is 0 Å². The van der Waals surface area contributed by atoms with Gasteiger partial charge in [0.25, 0.3) is 0 Å². The molecule has 0 aromatic heterocycles. The molecule has 4 nitrogen and oxygen atoms in total. The SMILES string of the molecule is C[C@H]1CCCN(C[C@@H](C)NC(=O)CCCc2ccc(O)cc2)C1. The number of carbonyl (C=O) groups excluding carboxylic acids is 1. The molecule has 0 radical (unpaired) electrons. The van der Waals surface area contributed by atoms with Crippen LogP contribution in [-0.2, 0) is 11.2 Å². The van der Waals surface area contributed by atoms with Gasteiger partial charge >= 0.3 is 0 Å². The van der Waals surface area contributed by atoms with Crippen LogP contribution >= 0.6 is 0 Å². The number of piperidine rings is 1. The first-order valence-electron chi connectivity index (χ1n) is 8.82. The average Bonchev–Trinajstić information content (AvgIpc) is 2.49. The van der Waals surface area contributed by atoms with Gasteiger partial charge in [-0.25, -0.2) is 0 Å². The molecule has 1 aliphatic rings. The summed E-state index contributed by atoms with van der Waals surface area (Å²) in [5.41, 5.74) is 1.16. The lowest BCUT2D eigenvalue weighted by atomic mass is 10.00. The Kier molecular flexibility index (Phi) is 6.90. The van der Waals surface area contributed by atoms with Gasteiger partial charge in [-0.2, -0.15) is 0 Å². The molecule has 2 N–H and O–H groups in total. The summed E-state index contributed by atoms with van der Waals surface area (Å²) >= 11 is 0. The average molecular weight is 318 g/mol. The minimum atomic E-state index is 0.140. The van der Waals surface area contributed by atoms with E-state index in [1.165, 1.54) is 12.8 Å². The molecule has 0 saturated carbocycles. The van der Waals surface area contributed by atoms with E-state index in [9.17, 15) is 9.90 Å². The van der Waals surface area contributed by atoms with E-state index >= 15 is 0 Å². The van der Waals surface area contributed by atoms with Gasteiger partial charge in [0, 0.05) is 25.6 Å². The molecule has 1 aromatic rings. The number of phenols is 1. The monoisotopic (exact) mass is 318 g/mol. The summed E-state index contributed by atoms with van der Waals surface area (Å²) < 4.78 is 0. The highest BCUT2D eigenvalue weighted by molar-refractivity contribution is 5.76. The number of aryl methyl sites for hydroxylation is 1. The molecule has 0 unspecified atom stereocenters. The number of hydrogen-bond acceptors (Lipinski definition) is 3. The summed E-state index contributed by atoms with van der Waals surface area (Å²) in [6.07, 6.45) is 4.86. The maximum Gasteiger partial charge on any atom is 0.220 e. The third kappa shape index (κ3) is 6.61. The number of carbonyl (C=O) groups is 1. The van der Waals surface area contributed by atoms with Crippen LogP contribution in [0.25, 0.3) is 0 Å². The van der Waals surface area contributed by atoms with Crippen LogP contribution in [0.4, 0.5) is 0 Å². The summed E-state index contributed by atoms with van der Waals surface area (Å²) in [6.45, 7) is 7.66. The van der Waals surface area contributed by atoms with Crippen molar-refractivity contribution >= 4 is 5.91 Å². The lowest BCUT2D eigenvalue weighted by molar-refractivity contribution is -0.121. The molecule has 0 spiro atoms. The Labute approximate surface area is 139 Å². The lowest BCUT2D eigenvalue weighted by Crippen LogP contribution is -2.45. The van der Waals surface area contributed by atoms with Gasteiger partial charge in [-0.3, -0.25) is 4.79 Å². The van der Waals surface area contributed by atoms with Crippen molar-refractivity contribution in [3.63, 3.8) is 0 Å². The molecule has 1 aliphatic heterocycles. The number of nitrogens with zero attached hydrogens (tertiary/aromatic N) is 1. The van der Waals surface area contributed by atoms with Crippen molar-refractivity contribution < 1.29 is 9.90 Å². The Morgan fingerprint density at radius 3 is 2.83 bits per heavy atom. The number of nitrogens with one attached hydrogen (secondary N) is 1. The summed E-state index contributed by atoms with van der Waals surface area (Å²) in [5.74, 6) is 1.20. The fraction of sp³-hybridized carbons (Fsp3) is 0.632. The number of benzene rings is 1. The van der Waals surface area contributed by atoms with Crippen molar-refractivity contribution in [1.29, 1.82) is 0 Å². The number of aromatic hydroxyl groups is 1. The van der Waals surface area contributed by atoms with Gasteiger partial charge in [0.15, 0.2) is 0 Å². The number of amides is 1. The second kappa shape index (κ2) is 8.92. The topological polar surface area (TPSA) is 52.6 Å². The molecular weight excluding hydrogens is 288 g/mol. The van der Waals surface area contributed by atoms with E-state index in [2.05, 4.69) is 24.1 Å². The van der Waals surface area contributed by atoms with Gasteiger partial charge in [-0.05, 0) is 62.8 Å². The summed E-state index contributed by atoms with van der Waals surface area (Å²) in [4.78, 5) is 14.5. The van der Waals surface area contributed by atoms with Crippen molar-refractivity contribution in [1.82, 2.24) is 10.2 Å². The minimum Gasteiger partial charge on any atom is -0.508 e. The van der Waals surface area contributed by atoms with Crippen LogP contribution in [0, 0.1) is 5.92 Å². The van der Waals surface area contributed by atoms with Crippen LogP contribution < -0.4 is 5.32 Å². The predicted molar refractivity (Wildman–Crippen MR) is 93.5 cm³/mol. The van der Waals surface area contributed by atoms with Crippen LogP contribution in [0.2, 0.25) is 0 Å². The van der Waals surface area contributed by atoms with E-state index in [1.54, 1.807) is 12.1 Å². The Hall–Kier alpha value is -1.55. The molecule has 2 rings (SSSR count). The zero-order valence-electron chi connectivity index (χ0n) is 14.4. The highest BCUT2D eigenvalue weighted by Gasteiger charge is 2.18. The summed E-state index contributed by atoms with van der Waals surface area (Å²) in [7, 11) is 0. The number of hydrogen-bond donors (Lipinski definition) is 2. The summed E-state index contributed by atoms with van der Waals surface area (Å²) in [5, 5.41) is 12.4. The van der Waals surface area contributed by atoms with Gasteiger partial charge in [0.05, 0.1) is 0 Å². The molecule has 2 atom stereocenters. The van der Waals surface area contributed by atoms with E-state index in [0.29, 0.717) is 6.42 Å². The van der Waals surface area contributed by atoms with Gasteiger partial charge in [-0.1, -0.05) is 19.1 Å². The second-order valence-electron chi connectivity index (χ2n) is 7.00. The molecule has 1 heterocycles. The third-order valence-corrected chi connectivity index (χ3v) is 4.49. The van der Waals surface area contributed by atoms with Gasteiger partial charge in [0.2, 0.25) is 5.91 Å². The maximum absolute atomic E-state index is 12.0. The Bertz CT molecular complexity index is 487. The quantitative estimate of drug-likeness (QED) is 0.813. The molecule has 23 heavy (non-hydrogen) atoms. The fourth-order valence-electron chi connectivity index (χ4n) is 3.35. The first-order chi connectivity index (χ1) is 11.0. The van der Waals surface area contributed by atoms with Crippen molar-refractivity contribution in [2.24, 2.45) is 5.92 Å². The Morgan fingerprint density at radius 2 is 2.13 bits per heavy atom. The molecule has 0 bridgehead atoms. The van der Waals surface area contributed by atoms with Crippen LogP contribution in [0.3, 0.4) is 0 Å². The van der Waals surface area contributed by atoms with E-state index in [1.807, 2.05) is 12.1 Å².